The zero-order valence-corrected chi connectivity index (χ0v) is 22.0. The average molecular weight is 507 g/mol. The van der Waals surface area contributed by atoms with Crippen LogP contribution in [-0.4, -0.2) is 47.2 Å². The molecule has 1 aromatic heterocycles. The zero-order chi connectivity index (χ0) is 26.3. The van der Waals surface area contributed by atoms with Crippen LogP contribution >= 0.6 is 0 Å². The highest BCUT2D eigenvalue weighted by atomic mass is 16.2. The predicted molar refractivity (Wildman–Crippen MR) is 150 cm³/mol. The Kier molecular flexibility index (Phi) is 8.22. The topological polar surface area (TPSA) is 75.2 Å². The number of nitrogens with one attached hydrogen (secondary N) is 1. The van der Waals surface area contributed by atoms with Gasteiger partial charge in [0.05, 0.1) is 5.69 Å². The van der Waals surface area contributed by atoms with Crippen LogP contribution in [0.25, 0.3) is 21.9 Å². The Morgan fingerprint density at radius 1 is 0.921 bits per heavy atom. The van der Waals surface area contributed by atoms with Gasteiger partial charge < -0.3 is 10.2 Å². The van der Waals surface area contributed by atoms with Crippen molar-refractivity contribution in [2.24, 2.45) is 0 Å². The summed E-state index contributed by atoms with van der Waals surface area (Å²) in [5, 5.41) is 6.26. The Hall–Kier alpha value is -3.86. The Balaban J connectivity index is 0.000000937. The number of piperidine rings is 1. The molecule has 2 heterocycles. The fourth-order valence-electron chi connectivity index (χ4n) is 5.69. The van der Waals surface area contributed by atoms with Crippen LogP contribution in [-0.2, 0) is 22.4 Å². The van der Waals surface area contributed by atoms with Crippen LogP contribution in [0.5, 0.6) is 0 Å². The van der Waals surface area contributed by atoms with Gasteiger partial charge in [-0.15, -0.1) is 0 Å². The highest BCUT2D eigenvalue weighted by Crippen LogP contribution is 2.40. The minimum absolute atomic E-state index is 0.250. The van der Waals surface area contributed by atoms with Crippen molar-refractivity contribution < 1.29 is 9.59 Å². The molecular formula is C32H34N4O2. The highest BCUT2D eigenvalue weighted by molar-refractivity contribution is 5.85. The van der Waals surface area contributed by atoms with Crippen molar-refractivity contribution in [2.75, 3.05) is 31.5 Å². The van der Waals surface area contributed by atoms with Crippen molar-refractivity contribution in [1.82, 2.24) is 14.9 Å². The van der Waals surface area contributed by atoms with Crippen LogP contribution in [0.1, 0.15) is 53.9 Å². The maximum atomic E-state index is 8.12. The number of aromatic nitrogens is 2. The van der Waals surface area contributed by atoms with E-state index < -0.39 is 0 Å². The van der Waals surface area contributed by atoms with Gasteiger partial charge >= 0.3 is 6.15 Å². The van der Waals surface area contributed by atoms with Gasteiger partial charge in [-0.05, 0) is 73.3 Å². The first-order valence-corrected chi connectivity index (χ1v) is 13.6. The summed E-state index contributed by atoms with van der Waals surface area (Å²) in [6.07, 6.45) is 7.11. The second-order valence-electron chi connectivity index (χ2n) is 10.3. The van der Waals surface area contributed by atoms with E-state index in [4.69, 9.17) is 19.6 Å². The summed E-state index contributed by atoms with van der Waals surface area (Å²) >= 11 is 0. The van der Waals surface area contributed by atoms with Crippen LogP contribution in [0.15, 0.2) is 60.7 Å². The standard InChI is InChI=1S/C31H34N4.CO2/c1-22-10-13-27-26(18-22)21-28-30(27)31(32-14-7-17-35-15-5-2-6-16-35)34-29(33-28)20-23-11-12-24-8-3-4-9-25(24)19-23;2-1-3/h3-4,8-13,18-19H,2,5-7,14-17,20-21H2,1H3,(H,32,33,34);. The molecule has 0 radical (unpaired) electrons. The summed E-state index contributed by atoms with van der Waals surface area (Å²) in [5.74, 6) is 1.91. The fraction of sp³-hybridized carbons (Fsp3) is 0.344. The largest absolute Gasteiger partial charge is 0.373 e. The molecule has 3 aromatic carbocycles. The SMILES string of the molecule is Cc1ccc2c(c1)Cc1nc(Cc3ccc4ccccc4c3)nc(NCCCN3CCCCC3)c1-2.O=C=O. The molecule has 194 valence electrons. The van der Waals surface area contributed by atoms with E-state index in [1.54, 1.807) is 0 Å². The van der Waals surface area contributed by atoms with Gasteiger partial charge in [0.15, 0.2) is 0 Å². The number of anilines is 1. The first-order chi connectivity index (χ1) is 18.6. The summed E-state index contributed by atoms with van der Waals surface area (Å²) in [5.41, 5.74) is 7.59. The maximum absolute atomic E-state index is 8.12. The number of aryl methyl sites for hydroxylation is 1. The summed E-state index contributed by atoms with van der Waals surface area (Å²) in [6, 6.07) is 22.0. The Morgan fingerprint density at radius 2 is 1.71 bits per heavy atom. The number of hydrogen-bond acceptors (Lipinski definition) is 6. The predicted octanol–water partition coefficient (Wildman–Crippen LogP) is 5.80. The van der Waals surface area contributed by atoms with Crippen molar-refractivity contribution in [2.45, 2.75) is 45.4 Å². The van der Waals surface area contributed by atoms with Crippen molar-refractivity contribution in [1.29, 1.82) is 0 Å². The quantitative estimate of drug-likeness (QED) is 0.281. The zero-order valence-electron chi connectivity index (χ0n) is 22.0. The van der Waals surface area contributed by atoms with Gasteiger partial charge in [-0.1, -0.05) is 72.6 Å². The Bertz CT molecular complexity index is 1450. The van der Waals surface area contributed by atoms with Crippen molar-refractivity contribution in [3.05, 3.63) is 88.9 Å². The lowest BCUT2D eigenvalue weighted by atomic mass is 10.0. The molecule has 6 heteroatoms. The molecule has 0 unspecified atom stereocenters. The number of fused-ring (bicyclic) bond motifs is 4. The van der Waals surface area contributed by atoms with Gasteiger partial charge in [-0.3, -0.25) is 0 Å². The summed E-state index contributed by atoms with van der Waals surface area (Å²) in [4.78, 5) is 29.0. The van der Waals surface area contributed by atoms with E-state index in [-0.39, 0.29) is 6.15 Å². The molecule has 2 aliphatic rings. The van der Waals surface area contributed by atoms with Gasteiger partial charge in [-0.2, -0.15) is 9.59 Å². The molecular weight excluding hydrogens is 472 g/mol. The molecule has 0 bridgehead atoms. The lowest BCUT2D eigenvalue weighted by Gasteiger charge is -2.26. The smallest absolute Gasteiger partial charge is 0.369 e. The van der Waals surface area contributed by atoms with Crippen molar-refractivity contribution >= 4 is 22.7 Å². The van der Waals surface area contributed by atoms with E-state index >= 15 is 0 Å². The third-order valence-electron chi connectivity index (χ3n) is 7.49. The van der Waals surface area contributed by atoms with E-state index in [9.17, 15) is 0 Å². The monoisotopic (exact) mass is 506 g/mol. The second-order valence-corrected chi connectivity index (χ2v) is 10.3. The van der Waals surface area contributed by atoms with E-state index in [1.165, 1.54) is 77.5 Å². The number of benzene rings is 3. The number of hydrogen-bond donors (Lipinski definition) is 1. The van der Waals surface area contributed by atoms with Gasteiger partial charge in [0.2, 0.25) is 0 Å². The number of rotatable bonds is 7. The first-order valence-electron chi connectivity index (χ1n) is 13.6. The Labute approximate surface area is 224 Å². The normalized spacial score (nSPS) is 14.2. The number of nitrogens with zero attached hydrogens (tertiary/aromatic N) is 3. The molecule has 0 amide bonds. The molecule has 4 aromatic rings. The summed E-state index contributed by atoms with van der Waals surface area (Å²) in [7, 11) is 0. The van der Waals surface area contributed by atoms with Crippen LogP contribution in [0.2, 0.25) is 0 Å². The van der Waals surface area contributed by atoms with E-state index in [1.807, 2.05) is 0 Å². The number of carbonyl (C=O) groups excluding carboxylic acids is 2. The molecule has 6 nitrogen and oxygen atoms in total. The minimum Gasteiger partial charge on any atom is -0.369 e. The van der Waals surface area contributed by atoms with E-state index in [2.05, 4.69) is 77.8 Å². The van der Waals surface area contributed by atoms with Crippen molar-refractivity contribution in [3.8, 4) is 11.1 Å². The van der Waals surface area contributed by atoms with Gasteiger partial charge in [0, 0.05) is 24.9 Å². The molecule has 1 saturated heterocycles. The molecule has 0 atom stereocenters. The minimum atomic E-state index is 0.250. The molecule has 0 spiro atoms. The van der Waals surface area contributed by atoms with Crippen LogP contribution in [0.4, 0.5) is 5.82 Å². The van der Waals surface area contributed by atoms with Gasteiger partial charge in [0.1, 0.15) is 11.6 Å². The molecule has 6 rings (SSSR count). The summed E-state index contributed by atoms with van der Waals surface area (Å²) < 4.78 is 0. The maximum Gasteiger partial charge on any atom is 0.373 e. The summed E-state index contributed by atoms with van der Waals surface area (Å²) in [6.45, 7) is 6.79. The lowest BCUT2D eigenvalue weighted by molar-refractivity contribution is -0.191. The van der Waals surface area contributed by atoms with Gasteiger partial charge in [0.25, 0.3) is 0 Å². The van der Waals surface area contributed by atoms with Crippen LogP contribution in [0, 0.1) is 6.92 Å². The van der Waals surface area contributed by atoms with Crippen molar-refractivity contribution in [3.63, 3.8) is 0 Å². The van der Waals surface area contributed by atoms with Crippen LogP contribution in [0.3, 0.4) is 0 Å². The molecule has 1 fully saturated rings. The third kappa shape index (κ3) is 5.99. The molecule has 1 aliphatic carbocycles. The fourth-order valence-corrected chi connectivity index (χ4v) is 5.69. The Morgan fingerprint density at radius 3 is 2.53 bits per heavy atom. The number of likely N-dealkylation sites (tertiary alicyclic amines) is 1. The lowest BCUT2D eigenvalue weighted by Crippen LogP contribution is -2.31. The molecule has 0 saturated carbocycles. The first kappa shape index (κ1) is 25.8. The van der Waals surface area contributed by atoms with Crippen LogP contribution < -0.4 is 5.32 Å². The second kappa shape index (κ2) is 12.1. The van der Waals surface area contributed by atoms with E-state index in [0.717, 1.165) is 43.1 Å². The molecule has 1 N–H and O–H groups in total. The third-order valence-corrected chi connectivity index (χ3v) is 7.49. The average Bonchev–Trinajstić information content (AvgIpc) is 3.29. The van der Waals surface area contributed by atoms with Gasteiger partial charge in [-0.25, -0.2) is 9.97 Å². The molecule has 1 aliphatic heterocycles. The molecule has 38 heavy (non-hydrogen) atoms. The van der Waals surface area contributed by atoms with E-state index in [0.29, 0.717) is 0 Å². The highest BCUT2D eigenvalue weighted by Gasteiger charge is 2.25.